The van der Waals surface area contributed by atoms with Gasteiger partial charge in [-0.25, -0.2) is 9.69 Å². The summed E-state index contributed by atoms with van der Waals surface area (Å²) in [4.78, 5) is 67.7. The molecule has 0 unspecified atom stereocenters. The molecule has 2 N–H and O–H groups in total. The van der Waals surface area contributed by atoms with Crippen LogP contribution in [-0.2, 0) is 34.0 Å². The van der Waals surface area contributed by atoms with E-state index in [4.69, 9.17) is 18.9 Å². The maximum Gasteiger partial charge on any atom is 0.421 e. The number of cyclic esters (lactones) is 1. The minimum absolute atomic E-state index is 0.0545. The number of carbonyl (C=O) groups excluding carboxylic acids is 4. The van der Waals surface area contributed by atoms with Gasteiger partial charge in [-0.3, -0.25) is 19.3 Å². The first-order valence-electron chi connectivity index (χ1n) is 24.3. The first-order chi connectivity index (χ1) is 33.2. The summed E-state index contributed by atoms with van der Waals surface area (Å²) >= 11 is 0. The molecule has 4 heterocycles. The molecule has 4 aromatic carbocycles. The van der Waals surface area contributed by atoms with Crippen molar-refractivity contribution in [3.63, 3.8) is 0 Å². The normalized spacial score (nSPS) is 25.8. The maximum atomic E-state index is 16.5. The van der Waals surface area contributed by atoms with Crippen molar-refractivity contribution in [1.29, 1.82) is 0 Å². The lowest BCUT2D eigenvalue weighted by atomic mass is 9.64. The first kappa shape index (κ1) is 47.0. The number of morpholine rings is 1. The summed E-state index contributed by atoms with van der Waals surface area (Å²) in [5.41, 5.74) is -0.0645. The van der Waals surface area contributed by atoms with Gasteiger partial charge in [0.25, 0.3) is 0 Å². The molecule has 3 amide bonds. The molecule has 6 atom stereocenters. The van der Waals surface area contributed by atoms with Crippen LogP contribution in [0.4, 0.5) is 10.5 Å². The Morgan fingerprint density at radius 3 is 2.06 bits per heavy atom. The second-order valence-electron chi connectivity index (χ2n) is 18.7. The van der Waals surface area contributed by atoms with Crippen molar-refractivity contribution in [1.82, 2.24) is 9.80 Å². The van der Waals surface area contributed by atoms with Gasteiger partial charge in [0, 0.05) is 25.8 Å². The van der Waals surface area contributed by atoms with Gasteiger partial charge in [-0.15, -0.1) is 0 Å². The third-order valence-electron chi connectivity index (χ3n) is 14.5. The summed E-state index contributed by atoms with van der Waals surface area (Å²) in [7, 11) is 1.48. The molecule has 1 spiro atoms. The van der Waals surface area contributed by atoms with E-state index >= 15 is 14.4 Å². The van der Waals surface area contributed by atoms with Gasteiger partial charge < -0.3 is 34.1 Å². The number of likely N-dealkylation sites (tertiary alicyclic amines) is 1. The van der Waals surface area contributed by atoms with Gasteiger partial charge in [-0.05, 0) is 91.1 Å². The number of carbonyl (C=O) groups is 4. The number of rotatable bonds is 10. The van der Waals surface area contributed by atoms with E-state index in [9.17, 15) is 15.0 Å². The Bertz CT molecular complexity index is 2490. The van der Waals surface area contributed by atoms with Crippen LogP contribution in [0, 0.1) is 17.8 Å². The highest BCUT2D eigenvalue weighted by Gasteiger charge is 2.76. The smallest absolute Gasteiger partial charge is 0.421 e. The standard InChI is InChI=1S/C55H61N3O10/c1-65-35-36-67-53(63)57-44-26-21-38(27-30-54(64)28-13-3-4-14-29-54)37-43(44)55(52(57)62)45(50(60)56-31-15-5-2-6-16-32-56)47-51(61)68-48(40-19-11-8-12-20-40)46(39-17-9-7-10-18-39)58(47)49(55)41-22-24-42(25-23-41)66-34-33-59/h7-12,17-26,37,45-49,59,64H,2-6,13-16,28-29,31-36H2,1H3/t45-,46-,47-,48+,49+,55-/m0/s1. The predicted octanol–water partition coefficient (Wildman–Crippen LogP) is 7.74. The lowest BCUT2D eigenvalue weighted by Gasteiger charge is -2.46. The van der Waals surface area contributed by atoms with Crippen LogP contribution in [0.1, 0.15) is 117 Å². The number of benzene rings is 4. The van der Waals surface area contributed by atoms with Crippen LogP contribution in [0.2, 0.25) is 0 Å². The molecule has 4 aliphatic heterocycles. The van der Waals surface area contributed by atoms with Gasteiger partial charge in [0.15, 0.2) is 0 Å². The van der Waals surface area contributed by atoms with Gasteiger partial charge >= 0.3 is 12.1 Å². The lowest BCUT2D eigenvalue weighted by molar-refractivity contribution is -0.179. The maximum absolute atomic E-state index is 16.5. The third-order valence-corrected chi connectivity index (χ3v) is 14.5. The number of aliphatic hydroxyl groups excluding tert-OH is 1. The highest BCUT2D eigenvalue weighted by atomic mass is 16.6. The Labute approximate surface area is 398 Å². The molecule has 0 radical (unpaired) electrons. The van der Waals surface area contributed by atoms with Gasteiger partial charge in [-0.2, -0.15) is 0 Å². The molecule has 68 heavy (non-hydrogen) atoms. The number of ether oxygens (including phenoxy) is 4. The van der Waals surface area contributed by atoms with Crippen molar-refractivity contribution >= 4 is 29.6 Å². The van der Waals surface area contributed by atoms with E-state index in [2.05, 4.69) is 11.8 Å². The molecule has 356 valence electrons. The number of hydrogen-bond donors (Lipinski definition) is 2. The fraction of sp³-hybridized carbons (Fsp3) is 0.455. The van der Waals surface area contributed by atoms with E-state index in [1.54, 1.807) is 30.3 Å². The topological polar surface area (TPSA) is 155 Å². The van der Waals surface area contributed by atoms with Crippen molar-refractivity contribution in [3.05, 3.63) is 131 Å². The number of esters is 1. The zero-order valence-corrected chi connectivity index (χ0v) is 38.7. The Morgan fingerprint density at radius 1 is 0.750 bits per heavy atom. The molecule has 13 nitrogen and oxygen atoms in total. The molecular formula is C55H61N3O10. The number of fused-ring (bicyclic) bond motifs is 3. The van der Waals surface area contributed by atoms with Gasteiger partial charge in [0.05, 0.1) is 36.9 Å². The van der Waals surface area contributed by atoms with Crippen molar-refractivity contribution < 1.29 is 48.3 Å². The predicted molar refractivity (Wildman–Crippen MR) is 253 cm³/mol. The zero-order valence-electron chi connectivity index (χ0n) is 38.7. The Balaban J connectivity index is 1.34. The molecule has 3 saturated heterocycles. The Morgan fingerprint density at radius 2 is 1.40 bits per heavy atom. The monoisotopic (exact) mass is 923 g/mol. The molecule has 4 fully saturated rings. The highest BCUT2D eigenvalue weighted by Crippen LogP contribution is 2.66. The Hall–Kier alpha value is -6.04. The van der Waals surface area contributed by atoms with Crippen molar-refractivity contribution in [3.8, 4) is 17.6 Å². The molecule has 0 bridgehead atoms. The molecule has 1 saturated carbocycles. The van der Waals surface area contributed by atoms with E-state index < -0.39 is 59.1 Å². The second kappa shape index (κ2) is 20.7. The molecule has 1 aliphatic carbocycles. The molecule has 5 aliphatic rings. The van der Waals surface area contributed by atoms with Gasteiger partial charge in [-0.1, -0.05) is 117 Å². The fourth-order valence-corrected chi connectivity index (χ4v) is 11.4. The Kier molecular flexibility index (Phi) is 14.3. The van der Waals surface area contributed by atoms with Crippen LogP contribution in [-0.4, -0.2) is 102 Å². The fourth-order valence-electron chi connectivity index (χ4n) is 11.4. The summed E-state index contributed by atoms with van der Waals surface area (Å²) in [6.45, 7) is 0.644. The van der Waals surface area contributed by atoms with Gasteiger partial charge in [0.1, 0.15) is 42.1 Å². The summed E-state index contributed by atoms with van der Waals surface area (Å²) in [5, 5.41) is 21.4. The van der Waals surface area contributed by atoms with E-state index in [0.29, 0.717) is 48.4 Å². The molecule has 13 heteroatoms. The minimum Gasteiger partial charge on any atom is -0.491 e. The SMILES string of the molecule is COCCOC(=O)N1C(=O)[C@@]2(c3cc(C#CC4(O)CCCCCC4)ccc31)[C@H](C(=O)N1CCCCCCC1)[C@H]1C(=O)O[C@H](c3ccccc3)[C@H](c3ccccc3)N1[C@@H]2c1ccc(OCCO)cc1. The van der Waals surface area contributed by atoms with E-state index in [1.165, 1.54) is 7.11 Å². The zero-order chi connectivity index (χ0) is 47.3. The molecule has 0 aromatic heterocycles. The first-order valence-corrected chi connectivity index (χ1v) is 24.3. The third kappa shape index (κ3) is 8.91. The number of anilines is 1. The van der Waals surface area contributed by atoms with Crippen LogP contribution in [0.5, 0.6) is 5.75 Å². The molecule has 9 rings (SSSR count). The summed E-state index contributed by atoms with van der Waals surface area (Å²) in [6.07, 6.45) is 7.35. The van der Waals surface area contributed by atoms with Crippen LogP contribution >= 0.6 is 0 Å². The second-order valence-corrected chi connectivity index (χ2v) is 18.7. The van der Waals surface area contributed by atoms with Crippen molar-refractivity contribution in [2.75, 3.05) is 51.5 Å². The lowest BCUT2D eigenvalue weighted by Crippen LogP contribution is -2.56. The van der Waals surface area contributed by atoms with E-state index in [-0.39, 0.29) is 38.0 Å². The van der Waals surface area contributed by atoms with Crippen molar-refractivity contribution in [2.24, 2.45) is 5.92 Å². The minimum atomic E-state index is -1.97. The summed E-state index contributed by atoms with van der Waals surface area (Å²) in [5.74, 6) is 3.74. The number of hydrogen-bond acceptors (Lipinski definition) is 11. The van der Waals surface area contributed by atoms with Gasteiger partial charge in [0.2, 0.25) is 11.8 Å². The summed E-state index contributed by atoms with van der Waals surface area (Å²) in [6, 6.07) is 28.3. The molecular weight excluding hydrogens is 863 g/mol. The summed E-state index contributed by atoms with van der Waals surface area (Å²) < 4.78 is 23.5. The number of amides is 3. The van der Waals surface area contributed by atoms with Crippen LogP contribution < -0.4 is 9.64 Å². The average Bonchev–Trinajstić information content (AvgIpc) is 3.68. The number of nitrogens with zero attached hydrogens (tertiary/aromatic N) is 3. The number of imide groups is 1. The molecule has 4 aromatic rings. The van der Waals surface area contributed by atoms with E-state index in [0.717, 1.165) is 73.8 Å². The highest BCUT2D eigenvalue weighted by molar-refractivity contribution is 6.23. The quantitative estimate of drug-likeness (QED) is 0.0695. The van der Waals surface area contributed by atoms with Crippen LogP contribution in [0.3, 0.4) is 0 Å². The number of methoxy groups -OCH3 is 1. The van der Waals surface area contributed by atoms with Crippen molar-refractivity contribution in [2.45, 2.75) is 106 Å². The van der Waals surface area contributed by atoms with Crippen LogP contribution in [0.15, 0.2) is 103 Å². The number of aliphatic hydroxyl groups is 2. The largest absolute Gasteiger partial charge is 0.491 e. The van der Waals surface area contributed by atoms with E-state index in [1.807, 2.05) is 82.6 Å². The van der Waals surface area contributed by atoms with Crippen LogP contribution in [0.25, 0.3) is 0 Å². The average molecular weight is 924 g/mol.